The fourth-order valence-electron chi connectivity index (χ4n) is 5.38. The van der Waals surface area contributed by atoms with Gasteiger partial charge in [0.05, 0.1) is 29.8 Å². The molecule has 1 fully saturated rings. The van der Waals surface area contributed by atoms with Crippen LogP contribution in [-0.4, -0.2) is 53.0 Å². The number of H-pyrrole nitrogens is 1. The van der Waals surface area contributed by atoms with Crippen molar-refractivity contribution in [1.29, 1.82) is 5.26 Å². The Kier molecular flexibility index (Phi) is 8.04. The number of aromatic nitrogens is 7. The molecule has 4 heterocycles. The van der Waals surface area contributed by atoms with E-state index in [2.05, 4.69) is 42.0 Å². The number of nitriles is 1. The van der Waals surface area contributed by atoms with Crippen LogP contribution in [0.1, 0.15) is 36.8 Å². The lowest BCUT2D eigenvalue weighted by Crippen LogP contribution is -2.49. The third kappa shape index (κ3) is 6.36. The monoisotopic (exact) mass is 573 g/mol. The number of urea groups is 1. The quantitative estimate of drug-likeness (QED) is 0.242. The van der Waals surface area contributed by atoms with Crippen molar-refractivity contribution >= 4 is 17.8 Å². The average Bonchev–Trinajstić information content (AvgIpc) is 3.74. The standard InChI is InChI=1S/C31H31N11O/c1-41-20-25(19-38-41)22-7-12-28(33-15-22)42(31(43)35-14-21-5-3-2-4-6-21)27-10-8-26(9-11-27)39-30-34-16-23(13-32)29(40-30)24-17-36-37-18-24/h2-7,12,15-20,26-27H,8-11,14H2,1H3,(H,35,43)(H,36,37)(H,34,39,40)/t26-,27-. The maximum Gasteiger partial charge on any atom is 0.323 e. The molecule has 12 heteroatoms. The predicted molar refractivity (Wildman–Crippen MR) is 162 cm³/mol. The van der Waals surface area contributed by atoms with E-state index in [0.717, 1.165) is 47.9 Å². The van der Waals surface area contributed by atoms with Crippen LogP contribution in [0.25, 0.3) is 22.4 Å². The summed E-state index contributed by atoms with van der Waals surface area (Å²) in [4.78, 5) is 29.1. The summed E-state index contributed by atoms with van der Waals surface area (Å²) < 4.78 is 1.75. The molecule has 0 aliphatic heterocycles. The molecule has 0 saturated heterocycles. The highest BCUT2D eigenvalue weighted by Crippen LogP contribution is 2.30. The second-order valence-corrected chi connectivity index (χ2v) is 10.5. The fourth-order valence-corrected chi connectivity index (χ4v) is 5.38. The molecule has 2 amide bonds. The lowest BCUT2D eigenvalue weighted by atomic mass is 9.90. The molecule has 4 aromatic heterocycles. The molecule has 0 bridgehead atoms. The van der Waals surface area contributed by atoms with Crippen LogP contribution in [0.3, 0.4) is 0 Å². The highest BCUT2D eigenvalue weighted by atomic mass is 16.2. The molecular weight excluding hydrogens is 542 g/mol. The van der Waals surface area contributed by atoms with Crippen molar-refractivity contribution in [2.45, 2.75) is 44.3 Å². The van der Waals surface area contributed by atoms with Gasteiger partial charge in [-0.15, -0.1) is 0 Å². The van der Waals surface area contributed by atoms with Crippen molar-refractivity contribution in [3.63, 3.8) is 0 Å². The predicted octanol–water partition coefficient (Wildman–Crippen LogP) is 4.67. The summed E-state index contributed by atoms with van der Waals surface area (Å²) in [5.74, 6) is 1.07. The number of nitrogens with zero attached hydrogens (tertiary/aromatic N) is 8. The number of anilines is 2. The molecule has 0 spiro atoms. The number of hydrogen-bond acceptors (Lipinski definition) is 8. The van der Waals surface area contributed by atoms with Gasteiger partial charge in [-0.1, -0.05) is 30.3 Å². The summed E-state index contributed by atoms with van der Waals surface area (Å²) in [5, 5.41) is 27.0. The molecule has 12 nitrogen and oxygen atoms in total. The Hall–Kier alpha value is -5.57. The molecule has 0 radical (unpaired) electrons. The van der Waals surface area contributed by atoms with Gasteiger partial charge in [-0.2, -0.15) is 15.5 Å². The van der Waals surface area contributed by atoms with Gasteiger partial charge >= 0.3 is 6.03 Å². The number of amides is 2. The van der Waals surface area contributed by atoms with Crippen LogP contribution < -0.4 is 15.5 Å². The Bertz CT molecular complexity index is 1700. The van der Waals surface area contributed by atoms with Crippen molar-refractivity contribution in [2.24, 2.45) is 7.05 Å². The minimum Gasteiger partial charge on any atom is -0.351 e. The molecule has 1 aromatic carbocycles. The zero-order chi connectivity index (χ0) is 29.6. The number of nitrogens with one attached hydrogen (secondary N) is 3. The first-order valence-corrected chi connectivity index (χ1v) is 14.2. The first kappa shape index (κ1) is 27.6. The summed E-state index contributed by atoms with van der Waals surface area (Å²) in [5.41, 5.74) is 4.57. The van der Waals surface area contributed by atoms with E-state index in [0.29, 0.717) is 29.6 Å². The minimum atomic E-state index is -0.179. The van der Waals surface area contributed by atoms with Crippen molar-refractivity contribution in [2.75, 3.05) is 10.2 Å². The summed E-state index contributed by atoms with van der Waals surface area (Å²) in [6.07, 6.45) is 13.5. The van der Waals surface area contributed by atoms with E-state index in [4.69, 9.17) is 4.98 Å². The first-order chi connectivity index (χ1) is 21.1. The van der Waals surface area contributed by atoms with Crippen LogP contribution in [0.15, 0.2) is 79.6 Å². The number of carbonyl (C=O) groups is 1. The fraction of sp³-hybridized carbons (Fsp3) is 0.258. The number of rotatable bonds is 8. The maximum absolute atomic E-state index is 13.6. The highest BCUT2D eigenvalue weighted by molar-refractivity contribution is 5.91. The molecular formula is C31H31N11O. The normalized spacial score (nSPS) is 16.3. The van der Waals surface area contributed by atoms with Gasteiger partial charge in [0, 0.05) is 61.0 Å². The molecule has 3 N–H and O–H groups in total. The van der Waals surface area contributed by atoms with E-state index in [1.54, 1.807) is 34.4 Å². The van der Waals surface area contributed by atoms with E-state index >= 15 is 0 Å². The average molecular weight is 574 g/mol. The van der Waals surface area contributed by atoms with Gasteiger partial charge in [-0.3, -0.25) is 14.7 Å². The zero-order valence-corrected chi connectivity index (χ0v) is 23.7. The van der Waals surface area contributed by atoms with Gasteiger partial charge in [-0.05, 0) is 43.4 Å². The van der Waals surface area contributed by atoms with Crippen LogP contribution >= 0.6 is 0 Å². The Balaban J connectivity index is 1.16. The lowest BCUT2D eigenvalue weighted by molar-refractivity contribution is 0.240. The molecule has 1 aliphatic carbocycles. The third-order valence-corrected chi connectivity index (χ3v) is 7.61. The molecule has 1 saturated carbocycles. The van der Waals surface area contributed by atoms with Gasteiger partial charge in [0.25, 0.3) is 0 Å². The maximum atomic E-state index is 13.6. The Morgan fingerprint density at radius 2 is 1.86 bits per heavy atom. The van der Waals surface area contributed by atoms with Crippen LogP contribution in [-0.2, 0) is 13.6 Å². The van der Waals surface area contributed by atoms with Gasteiger partial charge in [0.2, 0.25) is 5.95 Å². The van der Waals surface area contributed by atoms with E-state index in [1.165, 1.54) is 6.20 Å². The van der Waals surface area contributed by atoms with Gasteiger partial charge in [-0.25, -0.2) is 19.7 Å². The number of hydrogen-bond donors (Lipinski definition) is 3. The second kappa shape index (κ2) is 12.5. The largest absolute Gasteiger partial charge is 0.351 e. The van der Waals surface area contributed by atoms with E-state index in [9.17, 15) is 10.1 Å². The number of carbonyl (C=O) groups excluding carboxylic acids is 1. The van der Waals surface area contributed by atoms with E-state index in [1.807, 2.05) is 55.7 Å². The molecule has 6 rings (SSSR count). The van der Waals surface area contributed by atoms with Crippen LogP contribution in [0.5, 0.6) is 0 Å². The summed E-state index contributed by atoms with van der Waals surface area (Å²) in [6, 6.07) is 15.8. The molecule has 1 aliphatic rings. The molecule has 43 heavy (non-hydrogen) atoms. The third-order valence-electron chi connectivity index (χ3n) is 7.61. The SMILES string of the molecule is Cn1cc(-c2ccc(N(C(=O)NCc3ccccc3)[C@H]3CC[C@H](Nc4ncc(C#N)c(-c5cn[nH]c5)n4)CC3)nc2)cn1. The Morgan fingerprint density at radius 1 is 1.02 bits per heavy atom. The summed E-state index contributed by atoms with van der Waals surface area (Å²) >= 11 is 0. The van der Waals surface area contributed by atoms with Crippen LogP contribution in [0.4, 0.5) is 16.6 Å². The summed E-state index contributed by atoms with van der Waals surface area (Å²) in [7, 11) is 1.88. The highest BCUT2D eigenvalue weighted by Gasteiger charge is 2.31. The van der Waals surface area contributed by atoms with Gasteiger partial charge in [0.1, 0.15) is 11.9 Å². The van der Waals surface area contributed by atoms with Crippen molar-refractivity contribution in [3.05, 3.63) is 90.8 Å². The number of aromatic amines is 1. The van der Waals surface area contributed by atoms with Crippen molar-refractivity contribution in [3.8, 4) is 28.5 Å². The second-order valence-electron chi connectivity index (χ2n) is 10.5. The smallest absolute Gasteiger partial charge is 0.323 e. The molecule has 0 unspecified atom stereocenters. The molecule has 216 valence electrons. The number of benzene rings is 1. The van der Waals surface area contributed by atoms with E-state index < -0.39 is 0 Å². The number of aryl methyl sites for hydroxylation is 1. The van der Waals surface area contributed by atoms with Crippen LogP contribution in [0.2, 0.25) is 0 Å². The zero-order valence-electron chi connectivity index (χ0n) is 23.7. The Labute approximate surface area is 248 Å². The Morgan fingerprint density at radius 3 is 2.53 bits per heavy atom. The molecule has 0 atom stereocenters. The summed E-state index contributed by atoms with van der Waals surface area (Å²) in [6.45, 7) is 0.426. The van der Waals surface area contributed by atoms with Crippen molar-refractivity contribution in [1.82, 2.24) is 40.2 Å². The lowest BCUT2D eigenvalue weighted by Gasteiger charge is -2.36. The van der Waals surface area contributed by atoms with Gasteiger partial charge in [0.15, 0.2) is 0 Å². The minimum absolute atomic E-state index is 0.0334. The van der Waals surface area contributed by atoms with Crippen molar-refractivity contribution < 1.29 is 4.79 Å². The number of pyridine rings is 1. The molecule has 5 aromatic rings. The van der Waals surface area contributed by atoms with Crippen LogP contribution in [0, 0.1) is 11.3 Å². The van der Waals surface area contributed by atoms with Gasteiger partial charge < -0.3 is 10.6 Å². The van der Waals surface area contributed by atoms with E-state index in [-0.39, 0.29) is 18.1 Å². The topological polar surface area (TPSA) is 153 Å². The first-order valence-electron chi connectivity index (χ1n) is 14.2.